The molecule has 1 aliphatic carbocycles. The van der Waals surface area contributed by atoms with Crippen molar-refractivity contribution in [2.75, 3.05) is 13.1 Å². The van der Waals surface area contributed by atoms with Crippen molar-refractivity contribution in [1.29, 1.82) is 0 Å². The van der Waals surface area contributed by atoms with Gasteiger partial charge in [0.1, 0.15) is 0 Å². The summed E-state index contributed by atoms with van der Waals surface area (Å²) in [4.78, 5) is 26.4. The number of carbonyl (C=O) groups excluding carboxylic acids is 1. The van der Waals surface area contributed by atoms with E-state index in [4.69, 9.17) is 0 Å². The quantitative estimate of drug-likeness (QED) is 0.800. The molecule has 0 spiro atoms. The fourth-order valence-corrected chi connectivity index (χ4v) is 3.37. The molecule has 0 aromatic carbocycles. The van der Waals surface area contributed by atoms with Crippen LogP contribution in [0, 0.1) is 11.8 Å². The highest BCUT2D eigenvalue weighted by atomic mass is 16.2. The highest BCUT2D eigenvalue weighted by Gasteiger charge is 2.34. The van der Waals surface area contributed by atoms with Gasteiger partial charge in [-0.25, -0.2) is 4.68 Å². The maximum atomic E-state index is 12.4. The minimum absolute atomic E-state index is 0.0646. The zero-order chi connectivity index (χ0) is 17.3. The molecular weight excluding hydrogens is 302 g/mol. The molecule has 1 unspecified atom stereocenters. The van der Waals surface area contributed by atoms with E-state index in [0.717, 1.165) is 38.0 Å². The summed E-state index contributed by atoms with van der Waals surface area (Å²) in [6.45, 7) is 8.35. The Kier molecular flexibility index (Phi) is 4.61. The van der Waals surface area contributed by atoms with Crippen LogP contribution in [0.1, 0.15) is 45.7 Å². The Morgan fingerprint density at radius 3 is 2.62 bits per heavy atom. The van der Waals surface area contributed by atoms with E-state index in [2.05, 4.69) is 38.0 Å². The lowest BCUT2D eigenvalue weighted by molar-refractivity contribution is -0.142. The molecule has 3 rings (SSSR count). The topological polar surface area (TPSA) is 55.2 Å². The Balaban J connectivity index is 1.58. The average Bonchev–Trinajstić information content (AvgIpc) is 2.51. The number of carbonyl (C=O) groups is 1. The van der Waals surface area contributed by atoms with Crippen LogP contribution in [-0.2, 0) is 16.8 Å². The van der Waals surface area contributed by atoms with Gasteiger partial charge in [-0.15, -0.1) is 0 Å². The number of hydrogen-bond donors (Lipinski definition) is 0. The molecule has 130 valence electrons. The predicted molar refractivity (Wildman–Crippen MR) is 93.7 cm³/mol. The van der Waals surface area contributed by atoms with Crippen LogP contribution in [0.3, 0.4) is 0 Å². The minimum Gasteiger partial charge on any atom is -0.342 e. The van der Waals surface area contributed by atoms with Crippen molar-refractivity contribution in [1.82, 2.24) is 14.7 Å². The van der Waals surface area contributed by atoms with Gasteiger partial charge in [0.25, 0.3) is 5.56 Å². The number of likely N-dealkylation sites (tertiary alicyclic amines) is 1. The van der Waals surface area contributed by atoms with Crippen LogP contribution < -0.4 is 5.56 Å². The maximum Gasteiger partial charge on any atom is 0.266 e. The van der Waals surface area contributed by atoms with Crippen LogP contribution in [0.25, 0.3) is 0 Å². The highest BCUT2D eigenvalue weighted by Crippen LogP contribution is 2.26. The monoisotopic (exact) mass is 329 g/mol. The SMILES string of the molecule is CC(C)(C)c1ccc(=O)n(CC2CN(C(=O)C3CC=CCC3)C2)n1. The number of amides is 1. The second-order valence-electron chi connectivity index (χ2n) is 8.08. The lowest BCUT2D eigenvalue weighted by atomic mass is 9.90. The van der Waals surface area contributed by atoms with Gasteiger partial charge in [-0.1, -0.05) is 32.9 Å². The summed E-state index contributed by atoms with van der Waals surface area (Å²) in [5.41, 5.74) is 0.777. The van der Waals surface area contributed by atoms with Gasteiger partial charge in [-0.05, 0) is 25.3 Å². The van der Waals surface area contributed by atoms with Crippen molar-refractivity contribution >= 4 is 5.91 Å². The van der Waals surface area contributed by atoms with Gasteiger partial charge in [0.15, 0.2) is 0 Å². The lowest BCUT2D eigenvalue weighted by Gasteiger charge is -2.41. The number of hydrogen-bond acceptors (Lipinski definition) is 3. The molecular formula is C19H27N3O2. The molecule has 5 nitrogen and oxygen atoms in total. The van der Waals surface area contributed by atoms with E-state index in [-0.39, 0.29) is 22.8 Å². The van der Waals surface area contributed by atoms with Gasteiger partial charge < -0.3 is 4.90 Å². The summed E-state index contributed by atoms with van der Waals surface area (Å²) in [5, 5.41) is 4.52. The summed E-state index contributed by atoms with van der Waals surface area (Å²) in [7, 11) is 0. The van der Waals surface area contributed by atoms with Crippen LogP contribution in [0.4, 0.5) is 0 Å². The smallest absolute Gasteiger partial charge is 0.266 e. The molecule has 1 aromatic heterocycles. The Hall–Kier alpha value is -1.91. The molecule has 1 amide bonds. The van der Waals surface area contributed by atoms with Gasteiger partial charge in [-0.2, -0.15) is 5.10 Å². The maximum absolute atomic E-state index is 12.4. The highest BCUT2D eigenvalue weighted by molar-refractivity contribution is 5.80. The molecule has 5 heteroatoms. The molecule has 1 aliphatic heterocycles. The lowest BCUT2D eigenvalue weighted by Crippen LogP contribution is -2.54. The molecule has 2 aliphatic rings. The molecule has 1 aromatic rings. The molecule has 0 N–H and O–H groups in total. The Labute approximate surface area is 143 Å². The van der Waals surface area contributed by atoms with Crippen molar-refractivity contribution in [2.45, 2.75) is 52.0 Å². The Bertz CT molecular complexity index is 693. The van der Waals surface area contributed by atoms with E-state index < -0.39 is 0 Å². The molecule has 1 fully saturated rings. The summed E-state index contributed by atoms with van der Waals surface area (Å²) in [5.74, 6) is 0.758. The van der Waals surface area contributed by atoms with E-state index in [1.807, 2.05) is 11.0 Å². The largest absolute Gasteiger partial charge is 0.342 e. The van der Waals surface area contributed by atoms with E-state index in [1.165, 1.54) is 0 Å². The summed E-state index contributed by atoms with van der Waals surface area (Å²) in [6, 6.07) is 3.41. The first-order chi connectivity index (χ1) is 11.3. The molecule has 2 heterocycles. The van der Waals surface area contributed by atoms with Crippen LogP contribution in [0.5, 0.6) is 0 Å². The van der Waals surface area contributed by atoms with E-state index >= 15 is 0 Å². The van der Waals surface area contributed by atoms with Crippen molar-refractivity contribution in [3.8, 4) is 0 Å². The van der Waals surface area contributed by atoms with E-state index in [1.54, 1.807) is 10.7 Å². The number of nitrogens with zero attached hydrogens (tertiary/aromatic N) is 3. The Morgan fingerprint density at radius 1 is 1.25 bits per heavy atom. The predicted octanol–water partition coefficient (Wildman–Crippen LogP) is 2.36. The number of aromatic nitrogens is 2. The van der Waals surface area contributed by atoms with Crippen molar-refractivity contribution in [3.05, 3.63) is 40.3 Å². The third kappa shape index (κ3) is 3.60. The summed E-state index contributed by atoms with van der Waals surface area (Å²) < 4.78 is 1.57. The molecule has 24 heavy (non-hydrogen) atoms. The van der Waals surface area contributed by atoms with Crippen LogP contribution in [0.2, 0.25) is 0 Å². The van der Waals surface area contributed by atoms with Crippen LogP contribution in [0.15, 0.2) is 29.1 Å². The zero-order valence-electron chi connectivity index (χ0n) is 14.9. The van der Waals surface area contributed by atoms with Crippen molar-refractivity contribution < 1.29 is 4.79 Å². The van der Waals surface area contributed by atoms with E-state index in [0.29, 0.717) is 12.5 Å². The van der Waals surface area contributed by atoms with Gasteiger partial charge in [0.2, 0.25) is 5.91 Å². The normalized spacial score (nSPS) is 21.6. The van der Waals surface area contributed by atoms with Crippen molar-refractivity contribution in [3.63, 3.8) is 0 Å². The third-order valence-electron chi connectivity index (χ3n) is 4.95. The van der Waals surface area contributed by atoms with Crippen LogP contribution in [-0.4, -0.2) is 33.7 Å². The zero-order valence-corrected chi connectivity index (χ0v) is 14.9. The van der Waals surface area contributed by atoms with Gasteiger partial charge in [0.05, 0.1) is 12.2 Å². The minimum atomic E-state index is -0.0778. The van der Waals surface area contributed by atoms with Gasteiger partial charge in [-0.3, -0.25) is 9.59 Å². The average molecular weight is 329 g/mol. The van der Waals surface area contributed by atoms with Crippen LogP contribution >= 0.6 is 0 Å². The first-order valence-corrected chi connectivity index (χ1v) is 8.87. The fraction of sp³-hybridized carbons (Fsp3) is 0.632. The number of allylic oxidation sites excluding steroid dienone is 2. The molecule has 1 atom stereocenters. The second-order valence-corrected chi connectivity index (χ2v) is 8.08. The second kappa shape index (κ2) is 6.54. The fourth-order valence-electron chi connectivity index (χ4n) is 3.37. The van der Waals surface area contributed by atoms with E-state index in [9.17, 15) is 9.59 Å². The molecule has 0 saturated carbocycles. The first-order valence-electron chi connectivity index (χ1n) is 8.87. The number of rotatable bonds is 3. The van der Waals surface area contributed by atoms with Gasteiger partial charge in [0, 0.05) is 36.4 Å². The Morgan fingerprint density at radius 2 is 2.00 bits per heavy atom. The van der Waals surface area contributed by atoms with Gasteiger partial charge >= 0.3 is 0 Å². The van der Waals surface area contributed by atoms with Crippen molar-refractivity contribution in [2.24, 2.45) is 11.8 Å². The summed E-state index contributed by atoms with van der Waals surface area (Å²) >= 11 is 0. The summed E-state index contributed by atoms with van der Waals surface area (Å²) in [6.07, 6.45) is 7.11. The standard InChI is InChI=1S/C19H27N3O2/c1-19(2,3)16-9-10-17(23)22(20-16)13-14-11-21(12-14)18(24)15-7-5-4-6-8-15/h4-5,9-10,14-15H,6-8,11-13H2,1-3H3. The molecule has 0 bridgehead atoms. The molecule has 0 radical (unpaired) electrons. The third-order valence-corrected chi connectivity index (χ3v) is 4.95. The molecule has 1 saturated heterocycles. The first kappa shape index (κ1) is 16.9.